The lowest BCUT2D eigenvalue weighted by Gasteiger charge is -2.31. The first-order valence-corrected chi connectivity index (χ1v) is 9.79. The summed E-state index contributed by atoms with van der Waals surface area (Å²) in [7, 11) is 0. The van der Waals surface area contributed by atoms with Gasteiger partial charge in [0.05, 0.1) is 5.69 Å². The molecule has 2 N–H and O–H groups in total. The van der Waals surface area contributed by atoms with E-state index in [1.807, 2.05) is 12.1 Å². The van der Waals surface area contributed by atoms with E-state index in [2.05, 4.69) is 20.5 Å². The van der Waals surface area contributed by atoms with Gasteiger partial charge in [-0.15, -0.1) is 0 Å². The van der Waals surface area contributed by atoms with E-state index in [-0.39, 0.29) is 17.7 Å². The zero-order chi connectivity index (χ0) is 20.2. The number of benzene rings is 1. The van der Waals surface area contributed by atoms with E-state index in [4.69, 9.17) is 11.6 Å². The van der Waals surface area contributed by atoms with Gasteiger partial charge in [-0.3, -0.25) is 19.7 Å². The third-order valence-electron chi connectivity index (χ3n) is 5.03. The first kappa shape index (κ1) is 19.1. The summed E-state index contributed by atoms with van der Waals surface area (Å²) in [6, 6.07) is 12.5. The summed E-state index contributed by atoms with van der Waals surface area (Å²) in [5.74, 6) is -0.258. The van der Waals surface area contributed by atoms with Crippen molar-refractivity contribution in [3.63, 3.8) is 0 Å². The number of rotatable bonds is 4. The third-order valence-corrected chi connectivity index (χ3v) is 5.28. The molecule has 0 spiro atoms. The number of piperidine rings is 1. The molecule has 0 saturated carbocycles. The van der Waals surface area contributed by atoms with Gasteiger partial charge in [0, 0.05) is 47.7 Å². The Balaban J connectivity index is 1.33. The van der Waals surface area contributed by atoms with Crippen molar-refractivity contribution in [3.8, 4) is 11.3 Å². The Bertz CT molecular complexity index is 995. The smallest absolute Gasteiger partial charge is 0.271 e. The van der Waals surface area contributed by atoms with Crippen LogP contribution in [-0.2, 0) is 4.79 Å². The highest BCUT2D eigenvalue weighted by Crippen LogP contribution is 2.23. The average molecular weight is 410 g/mol. The minimum atomic E-state index is -0.123. The minimum Gasteiger partial charge on any atom is -0.337 e. The summed E-state index contributed by atoms with van der Waals surface area (Å²) in [5, 5.41) is 10.6. The van der Waals surface area contributed by atoms with Crippen LogP contribution in [0.2, 0.25) is 5.02 Å². The Labute approximate surface area is 173 Å². The van der Waals surface area contributed by atoms with Gasteiger partial charge in [0.1, 0.15) is 5.69 Å². The number of aromatic amines is 1. The topological polar surface area (TPSA) is 91.0 Å². The molecule has 1 aliphatic rings. The van der Waals surface area contributed by atoms with Crippen LogP contribution in [0.3, 0.4) is 0 Å². The van der Waals surface area contributed by atoms with Gasteiger partial charge in [0.15, 0.2) is 0 Å². The molecule has 29 heavy (non-hydrogen) atoms. The van der Waals surface area contributed by atoms with Gasteiger partial charge < -0.3 is 10.2 Å². The number of pyridine rings is 1. The number of amides is 2. The Hall–Kier alpha value is -3.19. The predicted molar refractivity (Wildman–Crippen MR) is 111 cm³/mol. The highest BCUT2D eigenvalue weighted by Gasteiger charge is 2.28. The van der Waals surface area contributed by atoms with Gasteiger partial charge in [-0.25, -0.2) is 0 Å². The molecule has 0 aliphatic carbocycles. The Kier molecular flexibility index (Phi) is 5.57. The number of hydrogen-bond acceptors (Lipinski definition) is 4. The number of hydrogen-bond donors (Lipinski definition) is 2. The molecule has 8 heteroatoms. The van der Waals surface area contributed by atoms with Crippen molar-refractivity contribution in [1.82, 2.24) is 20.1 Å². The van der Waals surface area contributed by atoms with Gasteiger partial charge in [0.25, 0.3) is 5.91 Å². The van der Waals surface area contributed by atoms with E-state index in [9.17, 15) is 9.59 Å². The van der Waals surface area contributed by atoms with Gasteiger partial charge in [-0.1, -0.05) is 11.6 Å². The molecule has 3 aromatic rings. The molecule has 0 bridgehead atoms. The van der Waals surface area contributed by atoms with Gasteiger partial charge in [0.2, 0.25) is 5.91 Å². The maximum Gasteiger partial charge on any atom is 0.271 e. The van der Waals surface area contributed by atoms with E-state index in [1.165, 1.54) is 0 Å². The second-order valence-electron chi connectivity index (χ2n) is 6.97. The van der Waals surface area contributed by atoms with Crippen molar-refractivity contribution in [1.29, 1.82) is 0 Å². The first-order valence-electron chi connectivity index (χ1n) is 9.41. The van der Waals surface area contributed by atoms with Crippen LogP contribution in [0.15, 0.2) is 54.9 Å². The largest absolute Gasteiger partial charge is 0.337 e. The molecule has 148 valence electrons. The summed E-state index contributed by atoms with van der Waals surface area (Å²) in [6.45, 7) is 1.05. The fourth-order valence-corrected chi connectivity index (χ4v) is 3.51. The quantitative estimate of drug-likeness (QED) is 0.688. The molecule has 1 aromatic carbocycles. The molecular weight excluding hydrogens is 390 g/mol. The van der Waals surface area contributed by atoms with Crippen molar-refractivity contribution in [2.75, 3.05) is 18.4 Å². The molecular formula is C21H20ClN5O2. The molecule has 0 atom stereocenters. The van der Waals surface area contributed by atoms with Gasteiger partial charge in [-0.05, 0) is 55.3 Å². The summed E-state index contributed by atoms with van der Waals surface area (Å²) in [4.78, 5) is 31.1. The first-order chi connectivity index (χ1) is 14.1. The van der Waals surface area contributed by atoms with Crippen LogP contribution in [-0.4, -0.2) is 45.0 Å². The lowest BCUT2D eigenvalue weighted by molar-refractivity contribution is -0.121. The molecule has 7 nitrogen and oxygen atoms in total. The van der Waals surface area contributed by atoms with Crippen LogP contribution in [0.4, 0.5) is 5.69 Å². The number of carbonyl (C=O) groups is 2. The zero-order valence-corrected chi connectivity index (χ0v) is 16.4. The van der Waals surface area contributed by atoms with E-state index < -0.39 is 0 Å². The number of nitrogens with one attached hydrogen (secondary N) is 2. The van der Waals surface area contributed by atoms with Crippen LogP contribution < -0.4 is 5.32 Å². The maximum absolute atomic E-state index is 12.8. The molecule has 4 rings (SSSR count). The van der Waals surface area contributed by atoms with E-state index in [1.54, 1.807) is 47.6 Å². The van der Waals surface area contributed by atoms with Crippen LogP contribution in [0.25, 0.3) is 11.3 Å². The average Bonchev–Trinajstić information content (AvgIpc) is 3.26. The normalized spacial score (nSPS) is 14.6. The van der Waals surface area contributed by atoms with Crippen LogP contribution in [0.1, 0.15) is 23.3 Å². The minimum absolute atomic E-state index is 0.0279. The van der Waals surface area contributed by atoms with Crippen molar-refractivity contribution < 1.29 is 9.59 Å². The Morgan fingerprint density at radius 3 is 2.59 bits per heavy atom. The van der Waals surface area contributed by atoms with E-state index in [0.717, 1.165) is 11.3 Å². The summed E-state index contributed by atoms with van der Waals surface area (Å²) >= 11 is 5.87. The summed E-state index contributed by atoms with van der Waals surface area (Å²) < 4.78 is 0. The predicted octanol–water partition coefficient (Wildman–Crippen LogP) is 3.62. The lowest BCUT2D eigenvalue weighted by atomic mass is 9.95. The van der Waals surface area contributed by atoms with Crippen molar-refractivity contribution >= 4 is 29.1 Å². The molecule has 3 heterocycles. The van der Waals surface area contributed by atoms with Crippen molar-refractivity contribution in [2.45, 2.75) is 12.8 Å². The lowest BCUT2D eigenvalue weighted by Crippen LogP contribution is -2.41. The van der Waals surface area contributed by atoms with Crippen molar-refractivity contribution in [3.05, 3.63) is 65.6 Å². The van der Waals surface area contributed by atoms with Gasteiger partial charge >= 0.3 is 0 Å². The zero-order valence-electron chi connectivity index (χ0n) is 15.6. The summed E-state index contributed by atoms with van der Waals surface area (Å²) in [6.07, 6.45) is 4.63. The molecule has 1 fully saturated rings. The fourth-order valence-electron chi connectivity index (χ4n) is 3.39. The highest BCUT2D eigenvalue weighted by molar-refractivity contribution is 6.30. The monoisotopic (exact) mass is 409 g/mol. The molecule has 0 radical (unpaired) electrons. The number of anilines is 1. The van der Waals surface area contributed by atoms with E-state index >= 15 is 0 Å². The van der Waals surface area contributed by atoms with E-state index in [0.29, 0.717) is 42.3 Å². The fraction of sp³-hybridized carbons (Fsp3) is 0.238. The molecule has 1 aliphatic heterocycles. The molecule has 0 unspecified atom stereocenters. The Morgan fingerprint density at radius 2 is 1.90 bits per heavy atom. The number of halogens is 1. The van der Waals surface area contributed by atoms with Crippen LogP contribution >= 0.6 is 11.6 Å². The standard InChI is InChI=1S/C21H20ClN5O2/c22-16-3-5-17(6-4-16)24-20(28)14-7-10-27(11-8-14)21(29)19-12-18(25-26-19)15-2-1-9-23-13-15/h1-6,9,12-14H,7-8,10-11H2,(H,24,28)(H,25,26). The van der Waals surface area contributed by atoms with Crippen LogP contribution in [0.5, 0.6) is 0 Å². The molecule has 2 aromatic heterocycles. The summed E-state index contributed by atoms with van der Waals surface area (Å²) in [5.41, 5.74) is 2.69. The number of nitrogens with zero attached hydrogens (tertiary/aromatic N) is 3. The number of likely N-dealkylation sites (tertiary alicyclic amines) is 1. The second-order valence-corrected chi connectivity index (χ2v) is 7.41. The maximum atomic E-state index is 12.8. The third kappa shape index (κ3) is 4.46. The second kappa shape index (κ2) is 8.45. The van der Waals surface area contributed by atoms with Gasteiger partial charge in [-0.2, -0.15) is 5.10 Å². The number of carbonyl (C=O) groups excluding carboxylic acids is 2. The molecule has 2 amide bonds. The van der Waals surface area contributed by atoms with Crippen molar-refractivity contribution in [2.24, 2.45) is 5.92 Å². The Morgan fingerprint density at radius 1 is 1.14 bits per heavy atom. The highest BCUT2D eigenvalue weighted by atomic mass is 35.5. The number of H-pyrrole nitrogens is 1. The number of aromatic nitrogens is 3. The SMILES string of the molecule is O=C(Nc1ccc(Cl)cc1)C1CCN(C(=O)c2cc(-c3cccnc3)n[nH]2)CC1. The molecule has 1 saturated heterocycles. The van der Waals surface area contributed by atoms with Crippen LogP contribution in [0, 0.1) is 5.92 Å².